The van der Waals surface area contributed by atoms with Crippen LogP contribution < -0.4 is 5.32 Å². The lowest BCUT2D eigenvalue weighted by Crippen LogP contribution is -2.37. The van der Waals surface area contributed by atoms with Crippen molar-refractivity contribution in [3.05, 3.63) is 53.0 Å². The molecule has 2 amide bonds. The van der Waals surface area contributed by atoms with Gasteiger partial charge in [0.2, 0.25) is 0 Å². The van der Waals surface area contributed by atoms with Crippen LogP contribution in [0.15, 0.2) is 30.5 Å². The van der Waals surface area contributed by atoms with Gasteiger partial charge in [-0.15, -0.1) is 0 Å². The van der Waals surface area contributed by atoms with E-state index in [0.29, 0.717) is 43.3 Å². The second kappa shape index (κ2) is 9.58. The Morgan fingerprint density at radius 1 is 1.24 bits per heavy atom. The molecule has 2 aliphatic heterocycles. The minimum atomic E-state index is -0.428. The number of hydrogen-bond acceptors (Lipinski definition) is 7. The van der Waals surface area contributed by atoms with E-state index in [2.05, 4.69) is 15.3 Å². The summed E-state index contributed by atoms with van der Waals surface area (Å²) in [5, 5.41) is 19.3. The Labute approximate surface area is 199 Å². The third-order valence-electron chi connectivity index (χ3n) is 5.93. The molecular weight excluding hydrogens is 434 g/mol. The first-order valence-electron chi connectivity index (χ1n) is 11.4. The van der Waals surface area contributed by atoms with Gasteiger partial charge in [-0.1, -0.05) is 6.07 Å². The standard InChI is InChI=1S/C24H29N7O3.H2/c1-14(2)34-24(33)30-10-9-16-12-27-19(11-17(16)13-30)23(32)29-21-6-4-5-18(28-21)22(26)31-15(3)7-8-20(31)25;/h4-6,11-12,14-15,25-26H,7-10,13H2,1-3H3,(H,28,29,32);1H/t15-;/m1./s1. The Bertz CT molecular complexity index is 1150. The van der Waals surface area contributed by atoms with Crippen molar-refractivity contribution in [2.24, 2.45) is 0 Å². The van der Waals surface area contributed by atoms with Crippen molar-refractivity contribution < 1.29 is 15.8 Å². The van der Waals surface area contributed by atoms with Crippen LogP contribution in [0.4, 0.5) is 10.6 Å². The van der Waals surface area contributed by atoms with E-state index in [1.807, 2.05) is 20.8 Å². The number of nitrogens with one attached hydrogen (secondary N) is 3. The Balaban J connectivity index is 0.00000342. The van der Waals surface area contributed by atoms with Gasteiger partial charge in [0.1, 0.15) is 23.0 Å². The van der Waals surface area contributed by atoms with Crippen molar-refractivity contribution >= 4 is 29.5 Å². The predicted molar refractivity (Wildman–Crippen MR) is 129 cm³/mol. The number of aromatic nitrogens is 2. The summed E-state index contributed by atoms with van der Waals surface area (Å²) in [5.74, 6) is 0.417. The van der Waals surface area contributed by atoms with Gasteiger partial charge < -0.3 is 19.9 Å². The molecule has 2 aromatic rings. The number of carbonyl (C=O) groups is 2. The zero-order chi connectivity index (χ0) is 24.4. The van der Waals surface area contributed by atoms with E-state index in [-0.39, 0.29) is 31.2 Å². The third-order valence-corrected chi connectivity index (χ3v) is 5.93. The molecule has 34 heavy (non-hydrogen) atoms. The van der Waals surface area contributed by atoms with Gasteiger partial charge in [-0.3, -0.25) is 20.6 Å². The highest BCUT2D eigenvalue weighted by molar-refractivity contribution is 6.08. The number of nitrogens with zero attached hydrogens (tertiary/aromatic N) is 4. The molecule has 0 spiro atoms. The van der Waals surface area contributed by atoms with Crippen LogP contribution in [0.5, 0.6) is 0 Å². The number of anilines is 1. The highest BCUT2D eigenvalue weighted by Crippen LogP contribution is 2.22. The first-order valence-corrected chi connectivity index (χ1v) is 11.4. The number of amides is 2. The maximum atomic E-state index is 12.9. The first kappa shape index (κ1) is 23.3. The number of hydrogen-bond donors (Lipinski definition) is 3. The molecule has 1 saturated heterocycles. The van der Waals surface area contributed by atoms with Crippen LogP contribution >= 0.6 is 0 Å². The van der Waals surface area contributed by atoms with Crippen molar-refractivity contribution in [1.82, 2.24) is 19.8 Å². The average Bonchev–Trinajstić information content (AvgIpc) is 3.15. The fourth-order valence-corrected chi connectivity index (χ4v) is 4.15. The summed E-state index contributed by atoms with van der Waals surface area (Å²) in [7, 11) is 0. The van der Waals surface area contributed by atoms with Crippen molar-refractivity contribution in [3.63, 3.8) is 0 Å². The first-order chi connectivity index (χ1) is 16.2. The van der Waals surface area contributed by atoms with Crippen molar-refractivity contribution in [1.29, 1.82) is 10.8 Å². The Morgan fingerprint density at radius 3 is 2.74 bits per heavy atom. The number of ether oxygens (including phenoxy) is 1. The maximum Gasteiger partial charge on any atom is 0.410 e. The highest BCUT2D eigenvalue weighted by Gasteiger charge is 2.29. The predicted octanol–water partition coefficient (Wildman–Crippen LogP) is 3.66. The van der Waals surface area contributed by atoms with Gasteiger partial charge in [0.05, 0.1) is 6.10 Å². The van der Waals surface area contributed by atoms with E-state index in [1.54, 1.807) is 40.3 Å². The number of carbonyl (C=O) groups excluding carboxylic acids is 2. The number of rotatable bonds is 4. The van der Waals surface area contributed by atoms with E-state index in [0.717, 1.165) is 17.5 Å². The largest absolute Gasteiger partial charge is 0.447 e. The molecule has 10 heteroatoms. The summed E-state index contributed by atoms with van der Waals surface area (Å²) in [6.07, 6.45) is 3.22. The van der Waals surface area contributed by atoms with Gasteiger partial charge in [0.15, 0.2) is 5.84 Å². The molecule has 10 nitrogen and oxygen atoms in total. The van der Waals surface area contributed by atoms with Gasteiger partial charge in [-0.25, -0.2) is 9.78 Å². The molecule has 2 aliphatic rings. The molecule has 1 atom stereocenters. The summed E-state index contributed by atoms with van der Waals surface area (Å²) in [6.45, 7) is 6.49. The molecule has 1 fully saturated rings. The monoisotopic (exact) mass is 465 g/mol. The molecule has 0 bridgehead atoms. The molecule has 0 radical (unpaired) electrons. The zero-order valence-electron chi connectivity index (χ0n) is 19.6. The van der Waals surface area contributed by atoms with Gasteiger partial charge in [0, 0.05) is 33.2 Å². The topological polar surface area (TPSA) is 135 Å². The van der Waals surface area contributed by atoms with E-state index in [1.165, 1.54) is 0 Å². The fourth-order valence-electron chi connectivity index (χ4n) is 4.15. The van der Waals surface area contributed by atoms with E-state index in [9.17, 15) is 9.59 Å². The zero-order valence-corrected chi connectivity index (χ0v) is 19.6. The lowest BCUT2D eigenvalue weighted by atomic mass is 10.0. The Hall–Kier alpha value is -3.82. The van der Waals surface area contributed by atoms with E-state index >= 15 is 0 Å². The molecule has 0 aliphatic carbocycles. The number of likely N-dealkylation sites (tertiary alicyclic amines) is 1. The molecule has 3 N–H and O–H groups in total. The maximum absolute atomic E-state index is 12.9. The van der Waals surface area contributed by atoms with Crippen LogP contribution in [-0.4, -0.2) is 62.1 Å². The summed E-state index contributed by atoms with van der Waals surface area (Å²) in [4.78, 5) is 37.1. The molecule has 4 heterocycles. The van der Waals surface area contributed by atoms with Crippen LogP contribution in [0.1, 0.15) is 62.3 Å². The highest BCUT2D eigenvalue weighted by atomic mass is 16.6. The normalized spacial score (nSPS) is 17.5. The van der Waals surface area contributed by atoms with Gasteiger partial charge in [-0.2, -0.15) is 0 Å². The SMILES string of the molecule is CC(C)OC(=O)N1CCc2cnc(C(=O)Nc3cccc(C(=N)N4C(=N)CC[C@H]4C)n3)cc2C1.[HH]. The summed E-state index contributed by atoms with van der Waals surface area (Å²) in [5.41, 5.74) is 2.46. The molecule has 2 aromatic heterocycles. The molecule has 0 aromatic carbocycles. The van der Waals surface area contributed by atoms with E-state index < -0.39 is 5.91 Å². The van der Waals surface area contributed by atoms with Crippen LogP contribution in [-0.2, 0) is 17.7 Å². The quantitative estimate of drug-likeness (QED) is 0.466. The number of pyridine rings is 2. The van der Waals surface area contributed by atoms with Crippen LogP contribution in [0.3, 0.4) is 0 Å². The number of fused-ring (bicyclic) bond motifs is 1. The van der Waals surface area contributed by atoms with Crippen molar-refractivity contribution in [3.8, 4) is 0 Å². The smallest absolute Gasteiger partial charge is 0.410 e. The average molecular weight is 466 g/mol. The Morgan fingerprint density at radius 2 is 2.03 bits per heavy atom. The molecule has 0 unspecified atom stereocenters. The number of amidine groups is 2. The van der Waals surface area contributed by atoms with Crippen LogP contribution in [0.25, 0.3) is 0 Å². The summed E-state index contributed by atoms with van der Waals surface area (Å²) in [6, 6.07) is 6.82. The van der Waals surface area contributed by atoms with Gasteiger partial charge >= 0.3 is 6.09 Å². The summed E-state index contributed by atoms with van der Waals surface area (Å²) >= 11 is 0. The second-order valence-electron chi connectivity index (χ2n) is 8.86. The third kappa shape index (κ3) is 4.90. The molecule has 4 rings (SSSR count). The molecule has 180 valence electrons. The van der Waals surface area contributed by atoms with Crippen molar-refractivity contribution in [2.75, 3.05) is 11.9 Å². The molecule has 0 saturated carbocycles. The van der Waals surface area contributed by atoms with Gasteiger partial charge in [-0.05, 0) is 62.9 Å². The van der Waals surface area contributed by atoms with Crippen LogP contribution in [0.2, 0.25) is 0 Å². The summed E-state index contributed by atoms with van der Waals surface area (Å²) < 4.78 is 5.29. The Kier molecular flexibility index (Phi) is 6.58. The second-order valence-corrected chi connectivity index (χ2v) is 8.86. The van der Waals surface area contributed by atoms with E-state index in [4.69, 9.17) is 15.6 Å². The lowest BCUT2D eigenvalue weighted by molar-refractivity contribution is 0.0729. The lowest BCUT2D eigenvalue weighted by Gasteiger charge is -2.28. The molecular formula is C24H31N7O3. The van der Waals surface area contributed by atoms with Crippen molar-refractivity contribution in [2.45, 2.75) is 58.7 Å². The minimum Gasteiger partial charge on any atom is -0.447 e. The van der Waals surface area contributed by atoms with Gasteiger partial charge in [0.25, 0.3) is 5.91 Å². The fraction of sp³-hybridized carbons (Fsp3) is 0.417. The van der Waals surface area contributed by atoms with Crippen LogP contribution in [0, 0.1) is 10.8 Å². The minimum absolute atomic E-state index is 0.